The molecule has 1 heterocycles. The van der Waals surface area contributed by atoms with E-state index in [0.717, 1.165) is 20.3 Å². The van der Waals surface area contributed by atoms with Crippen LogP contribution in [0.4, 0.5) is 18.9 Å². The van der Waals surface area contributed by atoms with Crippen LogP contribution in [0.3, 0.4) is 0 Å². The van der Waals surface area contributed by atoms with Gasteiger partial charge in [-0.05, 0) is 30.3 Å². The van der Waals surface area contributed by atoms with Crippen molar-refractivity contribution >= 4 is 29.2 Å². The summed E-state index contributed by atoms with van der Waals surface area (Å²) in [6.07, 6.45) is -3.69. The van der Waals surface area contributed by atoms with Gasteiger partial charge in [-0.3, -0.25) is 0 Å². The maximum absolute atomic E-state index is 12.8. The number of ether oxygens (including phenoxy) is 3. The zero-order valence-electron chi connectivity index (χ0n) is 15.0. The first-order valence-corrected chi connectivity index (χ1v) is 8.18. The highest BCUT2D eigenvalue weighted by Crippen LogP contribution is 2.33. The van der Waals surface area contributed by atoms with Crippen molar-refractivity contribution in [2.75, 3.05) is 19.5 Å². The van der Waals surface area contributed by atoms with Gasteiger partial charge in [-0.15, -0.1) is 0 Å². The summed E-state index contributed by atoms with van der Waals surface area (Å²) in [5.74, 6) is -1.76. The largest absolute Gasteiger partial charge is 0.466 e. The monoisotopic (exact) mass is 430 g/mol. The van der Waals surface area contributed by atoms with Crippen LogP contribution in [0, 0.1) is 0 Å². The molecule has 0 aliphatic rings. The number of esters is 2. The lowest BCUT2D eigenvalue weighted by atomic mass is 10.2. The molecule has 2 rings (SSSR count). The third-order valence-corrected chi connectivity index (χ3v) is 3.52. The molecule has 0 fully saturated rings. The molecule has 7 nitrogen and oxygen atoms in total. The van der Waals surface area contributed by atoms with E-state index in [4.69, 9.17) is 16.3 Å². The molecule has 0 unspecified atom stereocenters. The van der Waals surface area contributed by atoms with Crippen LogP contribution in [-0.2, 0) is 25.2 Å². The Labute approximate surface area is 168 Å². The van der Waals surface area contributed by atoms with E-state index in [1.165, 1.54) is 24.3 Å². The van der Waals surface area contributed by atoms with Gasteiger partial charge in [0.2, 0.25) is 5.88 Å². The SMILES string of the molecule is COC(=O)/C=C(/Nc1ccc(Oc2cc(C(F)(F)F)cc(Cl)n2)cc1)C(=O)OC. The maximum atomic E-state index is 12.8. The Hall–Kier alpha value is -3.27. The average Bonchev–Trinajstić information content (AvgIpc) is 2.67. The van der Waals surface area contributed by atoms with Crippen molar-refractivity contribution < 1.29 is 37.0 Å². The van der Waals surface area contributed by atoms with Gasteiger partial charge in [0.25, 0.3) is 0 Å². The van der Waals surface area contributed by atoms with Gasteiger partial charge in [0.05, 0.1) is 25.9 Å². The van der Waals surface area contributed by atoms with E-state index in [0.29, 0.717) is 17.8 Å². The number of pyridine rings is 1. The lowest BCUT2D eigenvalue weighted by molar-refractivity contribution is -0.138. The van der Waals surface area contributed by atoms with E-state index in [-0.39, 0.29) is 22.5 Å². The molecule has 11 heteroatoms. The van der Waals surface area contributed by atoms with Gasteiger partial charge < -0.3 is 19.5 Å². The molecule has 0 aliphatic carbocycles. The number of carbonyl (C=O) groups excluding carboxylic acids is 2. The molecule has 29 heavy (non-hydrogen) atoms. The molecule has 1 aromatic heterocycles. The number of aromatic nitrogens is 1. The van der Waals surface area contributed by atoms with Crippen molar-refractivity contribution in [2.45, 2.75) is 6.18 Å². The minimum absolute atomic E-state index is 0.162. The highest BCUT2D eigenvalue weighted by molar-refractivity contribution is 6.29. The highest BCUT2D eigenvalue weighted by Gasteiger charge is 2.31. The van der Waals surface area contributed by atoms with E-state index in [2.05, 4.69) is 19.8 Å². The number of carbonyl (C=O) groups is 2. The van der Waals surface area contributed by atoms with Gasteiger partial charge in [-0.25, -0.2) is 14.6 Å². The zero-order valence-corrected chi connectivity index (χ0v) is 15.8. The van der Waals surface area contributed by atoms with E-state index in [9.17, 15) is 22.8 Å². The van der Waals surface area contributed by atoms with Crippen LogP contribution in [0.25, 0.3) is 0 Å². The van der Waals surface area contributed by atoms with Gasteiger partial charge in [-0.2, -0.15) is 13.2 Å². The van der Waals surface area contributed by atoms with E-state index in [1.54, 1.807) is 0 Å². The minimum atomic E-state index is -4.60. The molecule has 0 atom stereocenters. The Morgan fingerprint density at radius 2 is 1.76 bits per heavy atom. The Bertz CT molecular complexity index is 930. The lowest BCUT2D eigenvalue weighted by Crippen LogP contribution is -2.15. The molecule has 1 N–H and O–H groups in total. The highest BCUT2D eigenvalue weighted by atomic mass is 35.5. The number of hydrogen-bond acceptors (Lipinski definition) is 7. The molecule has 154 valence electrons. The predicted octanol–water partition coefficient (Wildman–Crippen LogP) is 4.19. The Morgan fingerprint density at radius 1 is 1.10 bits per heavy atom. The number of halogens is 4. The number of alkyl halides is 3. The van der Waals surface area contributed by atoms with Crippen molar-refractivity contribution in [3.05, 3.63) is 58.9 Å². The third kappa shape index (κ3) is 6.39. The van der Waals surface area contributed by atoms with Gasteiger partial charge in [0, 0.05) is 11.8 Å². The number of anilines is 1. The molecule has 0 spiro atoms. The van der Waals surface area contributed by atoms with Crippen LogP contribution in [0.15, 0.2) is 48.2 Å². The Balaban J connectivity index is 2.18. The van der Waals surface area contributed by atoms with Gasteiger partial charge in [-0.1, -0.05) is 11.6 Å². The average molecular weight is 431 g/mol. The van der Waals surface area contributed by atoms with Crippen molar-refractivity contribution in [3.63, 3.8) is 0 Å². The number of nitrogens with zero attached hydrogens (tertiary/aromatic N) is 1. The second-order valence-corrected chi connectivity index (χ2v) is 5.73. The third-order valence-electron chi connectivity index (χ3n) is 3.32. The van der Waals surface area contributed by atoms with Crippen LogP contribution >= 0.6 is 11.6 Å². The molecule has 1 aromatic carbocycles. The molecular weight excluding hydrogens is 417 g/mol. The summed E-state index contributed by atoms with van der Waals surface area (Å²) in [7, 11) is 2.28. The maximum Gasteiger partial charge on any atom is 0.416 e. The summed E-state index contributed by atoms with van der Waals surface area (Å²) < 4.78 is 52.9. The molecule has 0 amide bonds. The summed E-state index contributed by atoms with van der Waals surface area (Å²) in [5, 5.41) is 2.30. The van der Waals surface area contributed by atoms with Gasteiger partial charge >= 0.3 is 18.1 Å². The Morgan fingerprint density at radius 3 is 2.31 bits per heavy atom. The Kier molecular flexibility index (Phi) is 7.05. The first kappa shape index (κ1) is 22.0. The van der Waals surface area contributed by atoms with Crippen molar-refractivity contribution in [2.24, 2.45) is 0 Å². The summed E-state index contributed by atoms with van der Waals surface area (Å²) in [5.41, 5.74) is -0.811. The number of rotatable bonds is 6. The van der Waals surface area contributed by atoms with Crippen LogP contribution < -0.4 is 10.1 Å². The van der Waals surface area contributed by atoms with Crippen LogP contribution in [-0.4, -0.2) is 31.1 Å². The predicted molar refractivity (Wildman–Crippen MR) is 96.5 cm³/mol. The lowest BCUT2D eigenvalue weighted by Gasteiger charge is -2.11. The standard InChI is InChI=1S/C18H14ClF3N2O5/c1-27-16(25)9-13(17(26)28-2)23-11-3-5-12(6-4-11)29-15-8-10(18(20,21)22)7-14(19)24-15/h3-9,23H,1-2H3/b13-9+. The van der Waals surface area contributed by atoms with Gasteiger partial charge in [0.15, 0.2) is 0 Å². The van der Waals surface area contributed by atoms with E-state index >= 15 is 0 Å². The molecule has 0 aliphatic heterocycles. The first-order chi connectivity index (χ1) is 13.6. The zero-order chi connectivity index (χ0) is 21.6. The summed E-state index contributed by atoms with van der Waals surface area (Å²) in [6, 6.07) is 7.13. The summed E-state index contributed by atoms with van der Waals surface area (Å²) >= 11 is 5.61. The first-order valence-electron chi connectivity index (χ1n) is 7.80. The normalized spacial score (nSPS) is 11.6. The summed E-state index contributed by atoms with van der Waals surface area (Å²) in [6.45, 7) is 0. The van der Waals surface area contributed by atoms with Crippen LogP contribution in [0.2, 0.25) is 5.15 Å². The molecule has 0 saturated heterocycles. The molecule has 2 aromatic rings. The van der Waals surface area contributed by atoms with Crippen LogP contribution in [0.5, 0.6) is 11.6 Å². The molecule has 0 radical (unpaired) electrons. The fourth-order valence-electron chi connectivity index (χ4n) is 2.00. The second-order valence-electron chi connectivity index (χ2n) is 5.34. The number of methoxy groups -OCH3 is 2. The number of nitrogens with one attached hydrogen (secondary N) is 1. The number of benzene rings is 1. The molecule has 0 saturated carbocycles. The number of hydrogen-bond donors (Lipinski definition) is 1. The van der Waals surface area contributed by atoms with Crippen molar-refractivity contribution in [1.29, 1.82) is 0 Å². The second kappa shape index (κ2) is 9.28. The fourth-order valence-corrected chi connectivity index (χ4v) is 2.20. The van der Waals surface area contributed by atoms with E-state index < -0.39 is 23.7 Å². The minimum Gasteiger partial charge on any atom is -0.466 e. The fraction of sp³-hybridized carbons (Fsp3) is 0.167. The van der Waals surface area contributed by atoms with Crippen molar-refractivity contribution in [3.8, 4) is 11.6 Å². The van der Waals surface area contributed by atoms with Crippen LogP contribution in [0.1, 0.15) is 5.56 Å². The summed E-state index contributed by atoms with van der Waals surface area (Å²) in [4.78, 5) is 26.8. The van der Waals surface area contributed by atoms with Crippen molar-refractivity contribution in [1.82, 2.24) is 4.98 Å². The topological polar surface area (TPSA) is 86.8 Å². The molecular formula is C18H14ClF3N2O5. The quantitative estimate of drug-likeness (QED) is 0.418. The molecule has 0 bridgehead atoms. The smallest absolute Gasteiger partial charge is 0.416 e. The van der Waals surface area contributed by atoms with Gasteiger partial charge in [0.1, 0.15) is 16.6 Å². The van der Waals surface area contributed by atoms with E-state index in [1.807, 2.05) is 0 Å².